The molecule has 1 aromatic rings. The van der Waals surface area contributed by atoms with E-state index in [-0.39, 0.29) is 5.54 Å². The van der Waals surface area contributed by atoms with Crippen LogP contribution in [0.25, 0.3) is 0 Å². The molecule has 1 aliphatic carbocycles. The van der Waals surface area contributed by atoms with Gasteiger partial charge in [-0.25, -0.2) is 0 Å². The molecule has 0 amide bonds. The van der Waals surface area contributed by atoms with Crippen LogP contribution in [0.2, 0.25) is 0 Å². The zero-order valence-electron chi connectivity index (χ0n) is 10.0. The van der Waals surface area contributed by atoms with Gasteiger partial charge in [0.2, 0.25) is 0 Å². The summed E-state index contributed by atoms with van der Waals surface area (Å²) in [4.78, 5) is 2.24. The van der Waals surface area contributed by atoms with Crippen molar-refractivity contribution in [2.45, 2.75) is 24.8 Å². The fourth-order valence-corrected chi connectivity index (χ4v) is 2.57. The minimum atomic E-state index is 0.0873. The van der Waals surface area contributed by atoms with Gasteiger partial charge < -0.3 is 15.7 Å². The molecule has 0 heterocycles. The molecule has 16 heavy (non-hydrogen) atoms. The number of phenols is 1. The van der Waals surface area contributed by atoms with Gasteiger partial charge in [0.1, 0.15) is 5.75 Å². The lowest BCUT2D eigenvalue weighted by Crippen LogP contribution is -2.53. The van der Waals surface area contributed by atoms with Gasteiger partial charge in [-0.1, -0.05) is 6.07 Å². The number of rotatable bonds is 2. The van der Waals surface area contributed by atoms with Crippen LogP contribution < -0.4 is 5.73 Å². The Bertz CT molecular complexity index is 390. The topological polar surface area (TPSA) is 49.5 Å². The van der Waals surface area contributed by atoms with E-state index >= 15 is 0 Å². The lowest BCUT2D eigenvalue weighted by molar-refractivity contribution is 0.139. The summed E-state index contributed by atoms with van der Waals surface area (Å²) in [5.74, 6) is 0.365. The summed E-state index contributed by atoms with van der Waals surface area (Å²) in [6.45, 7) is 0.681. The SMILES string of the molecule is CN(C)C1(CN)CCc2cc(O)ccc2C1. The third-order valence-electron chi connectivity index (χ3n) is 3.90. The normalized spacial score (nSPS) is 24.5. The summed E-state index contributed by atoms with van der Waals surface area (Å²) < 4.78 is 0. The molecule has 0 radical (unpaired) electrons. The molecule has 0 fully saturated rings. The molecule has 1 aromatic carbocycles. The Morgan fingerprint density at radius 2 is 2.12 bits per heavy atom. The van der Waals surface area contributed by atoms with Crippen LogP contribution in [-0.2, 0) is 12.8 Å². The van der Waals surface area contributed by atoms with Gasteiger partial charge in [0.05, 0.1) is 0 Å². The van der Waals surface area contributed by atoms with Crippen LogP contribution in [0.1, 0.15) is 17.5 Å². The van der Waals surface area contributed by atoms with Gasteiger partial charge in [0.25, 0.3) is 0 Å². The lowest BCUT2D eigenvalue weighted by atomic mass is 9.77. The van der Waals surface area contributed by atoms with Crippen molar-refractivity contribution in [3.63, 3.8) is 0 Å². The number of likely N-dealkylation sites (N-methyl/N-ethyl adjacent to an activating group) is 1. The Kier molecular flexibility index (Phi) is 2.91. The summed E-state index contributed by atoms with van der Waals surface area (Å²) >= 11 is 0. The van der Waals surface area contributed by atoms with E-state index in [4.69, 9.17) is 5.73 Å². The summed E-state index contributed by atoms with van der Waals surface area (Å²) in [6.07, 6.45) is 3.04. The van der Waals surface area contributed by atoms with Crippen LogP contribution in [0.5, 0.6) is 5.75 Å². The molecule has 0 saturated heterocycles. The standard InChI is InChI=1S/C13H20N2O/c1-15(2)13(9-14)6-5-10-7-12(16)4-3-11(10)8-13/h3-4,7,16H,5-6,8-9,14H2,1-2H3. The van der Waals surface area contributed by atoms with Crippen LogP contribution in [-0.4, -0.2) is 36.2 Å². The molecule has 3 nitrogen and oxygen atoms in total. The third kappa shape index (κ3) is 1.81. The van der Waals surface area contributed by atoms with Crippen LogP contribution >= 0.6 is 0 Å². The maximum Gasteiger partial charge on any atom is 0.115 e. The van der Waals surface area contributed by atoms with Gasteiger partial charge in [0.15, 0.2) is 0 Å². The van der Waals surface area contributed by atoms with E-state index in [1.165, 1.54) is 11.1 Å². The van der Waals surface area contributed by atoms with Crippen LogP contribution in [0.15, 0.2) is 18.2 Å². The number of hydrogen-bond acceptors (Lipinski definition) is 3. The van der Waals surface area contributed by atoms with Crippen LogP contribution in [0, 0.1) is 0 Å². The summed E-state index contributed by atoms with van der Waals surface area (Å²) in [7, 11) is 4.19. The van der Waals surface area contributed by atoms with Gasteiger partial charge >= 0.3 is 0 Å². The van der Waals surface area contributed by atoms with E-state index < -0.39 is 0 Å². The van der Waals surface area contributed by atoms with Gasteiger partial charge in [-0.15, -0.1) is 0 Å². The monoisotopic (exact) mass is 220 g/mol. The minimum Gasteiger partial charge on any atom is -0.508 e. The summed E-state index contributed by atoms with van der Waals surface area (Å²) in [6, 6.07) is 5.67. The first-order valence-electron chi connectivity index (χ1n) is 5.76. The minimum absolute atomic E-state index is 0.0873. The number of aromatic hydroxyl groups is 1. The molecule has 0 aliphatic heterocycles. The predicted molar refractivity (Wildman–Crippen MR) is 65.6 cm³/mol. The first-order chi connectivity index (χ1) is 7.57. The van der Waals surface area contributed by atoms with Crippen molar-refractivity contribution < 1.29 is 5.11 Å². The highest BCUT2D eigenvalue weighted by Crippen LogP contribution is 2.32. The number of benzene rings is 1. The molecule has 0 saturated carbocycles. The number of phenolic OH excluding ortho intramolecular Hbond substituents is 1. The average Bonchev–Trinajstić information content (AvgIpc) is 2.28. The van der Waals surface area contributed by atoms with Crippen LogP contribution in [0.3, 0.4) is 0 Å². The van der Waals surface area contributed by atoms with Gasteiger partial charge in [0, 0.05) is 12.1 Å². The maximum absolute atomic E-state index is 9.45. The molecule has 1 aliphatic rings. The highest BCUT2D eigenvalue weighted by Gasteiger charge is 2.35. The number of nitrogens with zero attached hydrogens (tertiary/aromatic N) is 1. The molecule has 0 bridgehead atoms. The zero-order valence-corrected chi connectivity index (χ0v) is 10.0. The lowest BCUT2D eigenvalue weighted by Gasteiger charge is -2.42. The molecule has 88 valence electrons. The molecule has 3 N–H and O–H groups in total. The van der Waals surface area contributed by atoms with Crippen molar-refractivity contribution in [2.75, 3.05) is 20.6 Å². The van der Waals surface area contributed by atoms with Gasteiger partial charge in [-0.2, -0.15) is 0 Å². The second-order valence-electron chi connectivity index (χ2n) is 4.95. The van der Waals surface area contributed by atoms with E-state index in [1.807, 2.05) is 12.1 Å². The van der Waals surface area contributed by atoms with Crippen LogP contribution in [0.4, 0.5) is 0 Å². The maximum atomic E-state index is 9.45. The molecule has 2 rings (SSSR count). The van der Waals surface area contributed by atoms with Crippen molar-refractivity contribution >= 4 is 0 Å². The first kappa shape index (κ1) is 11.4. The Morgan fingerprint density at radius 1 is 1.38 bits per heavy atom. The first-order valence-corrected chi connectivity index (χ1v) is 5.76. The van der Waals surface area contributed by atoms with Crippen molar-refractivity contribution in [2.24, 2.45) is 5.73 Å². The number of aryl methyl sites for hydroxylation is 1. The molecule has 0 aromatic heterocycles. The van der Waals surface area contributed by atoms with E-state index in [2.05, 4.69) is 19.0 Å². The van der Waals surface area contributed by atoms with Crippen molar-refractivity contribution in [3.05, 3.63) is 29.3 Å². The smallest absolute Gasteiger partial charge is 0.115 e. The number of fused-ring (bicyclic) bond motifs is 1. The molecular weight excluding hydrogens is 200 g/mol. The average molecular weight is 220 g/mol. The quantitative estimate of drug-likeness (QED) is 0.786. The second-order valence-corrected chi connectivity index (χ2v) is 4.95. The largest absolute Gasteiger partial charge is 0.508 e. The predicted octanol–water partition coefficient (Wildman–Crippen LogP) is 1.14. The molecule has 0 spiro atoms. The van der Waals surface area contributed by atoms with E-state index in [9.17, 15) is 5.11 Å². The second kappa shape index (κ2) is 4.07. The summed E-state index contributed by atoms with van der Waals surface area (Å²) in [5.41, 5.74) is 8.61. The fourth-order valence-electron chi connectivity index (χ4n) is 2.57. The molecule has 1 unspecified atom stereocenters. The zero-order chi connectivity index (χ0) is 11.8. The highest BCUT2D eigenvalue weighted by atomic mass is 16.3. The van der Waals surface area contributed by atoms with Crippen molar-refractivity contribution in [1.29, 1.82) is 0 Å². The Balaban J connectivity index is 2.32. The Morgan fingerprint density at radius 3 is 2.75 bits per heavy atom. The fraction of sp³-hybridized carbons (Fsp3) is 0.538. The molecular formula is C13H20N2O. The Hall–Kier alpha value is -1.06. The van der Waals surface area contributed by atoms with Gasteiger partial charge in [-0.05, 0) is 56.6 Å². The molecule has 3 heteroatoms. The van der Waals surface area contributed by atoms with Crippen molar-refractivity contribution in [1.82, 2.24) is 4.90 Å². The number of hydrogen-bond donors (Lipinski definition) is 2. The van der Waals surface area contributed by atoms with Gasteiger partial charge in [-0.3, -0.25) is 0 Å². The number of nitrogens with two attached hydrogens (primary N) is 1. The third-order valence-corrected chi connectivity index (χ3v) is 3.90. The van der Waals surface area contributed by atoms with E-state index in [0.717, 1.165) is 19.3 Å². The summed E-state index contributed by atoms with van der Waals surface area (Å²) in [5, 5.41) is 9.45. The molecule has 1 atom stereocenters. The van der Waals surface area contributed by atoms with Crippen molar-refractivity contribution in [3.8, 4) is 5.75 Å². The van der Waals surface area contributed by atoms with E-state index in [0.29, 0.717) is 12.3 Å². The van der Waals surface area contributed by atoms with E-state index in [1.54, 1.807) is 6.07 Å². The highest BCUT2D eigenvalue weighted by molar-refractivity contribution is 5.38. The Labute approximate surface area is 96.9 Å².